The van der Waals surface area contributed by atoms with E-state index in [1.807, 2.05) is 29.2 Å². The van der Waals surface area contributed by atoms with Crippen molar-refractivity contribution in [2.75, 3.05) is 18.0 Å². The fraction of sp³-hybridized carbons (Fsp3) is 0.368. The van der Waals surface area contributed by atoms with Crippen LogP contribution in [0.2, 0.25) is 0 Å². The molecule has 0 atom stereocenters. The molecule has 1 aliphatic rings. The minimum absolute atomic E-state index is 0.501. The normalized spacial score (nSPS) is 15.8. The van der Waals surface area contributed by atoms with Crippen LogP contribution < -0.4 is 10.2 Å². The quantitative estimate of drug-likeness (QED) is 0.588. The zero-order valence-electron chi connectivity index (χ0n) is 15.2. The molecule has 27 heavy (non-hydrogen) atoms. The highest BCUT2D eigenvalue weighted by Crippen LogP contribution is 2.31. The molecule has 0 radical (unpaired) electrons. The number of nitrogens with one attached hydrogen (secondary N) is 1. The van der Waals surface area contributed by atoms with Crippen LogP contribution in [0.15, 0.2) is 37.1 Å². The molecule has 0 amide bonds. The Bertz CT molecular complexity index is 1080. The van der Waals surface area contributed by atoms with Gasteiger partial charge in [0.1, 0.15) is 17.0 Å². The van der Waals surface area contributed by atoms with Crippen LogP contribution in [0.25, 0.3) is 15.9 Å². The van der Waals surface area contributed by atoms with Gasteiger partial charge in [-0.2, -0.15) is 5.10 Å². The first-order valence-electron chi connectivity index (χ1n) is 9.24. The highest BCUT2D eigenvalue weighted by atomic mass is 32.1. The Morgan fingerprint density at radius 3 is 3.00 bits per heavy atom. The number of nitrogens with zero attached hydrogens (tertiary/aromatic N) is 6. The highest BCUT2D eigenvalue weighted by molar-refractivity contribution is 7.18. The number of hydrogen-bond acceptors (Lipinski definition) is 7. The van der Waals surface area contributed by atoms with Crippen molar-refractivity contribution in [2.24, 2.45) is 0 Å². The molecule has 4 aromatic heterocycles. The van der Waals surface area contributed by atoms with Crippen LogP contribution in [-0.2, 0) is 6.54 Å². The van der Waals surface area contributed by atoms with E-state index in [9.17, 15) is 0 Å². The lowest BCUT2D eigenvalue weighted by molar-refractivity contribution is 0.413. The first-order valence-corrected chi connectivity index (χ1v) is 10.1. The van der Waals surface area contributed by atoms with Crippen LogP contribution in [0, 0.1) is 6.92 Å². The van der Waals surface area contributed by atoms with Crippen LogP contribution >= 0.6 is 11.3 Å². The van der Waals surface area contributed by atoms with Gasteiger partial charge < -0.3 is 10.2 Å². The number of piperidine rings is 1. The molecule has 5 rings (SSSR count). The lowest BCUT2D eigenvalue weighted by atomic mass is 10.0. The van der Waals surface area contributed by atoms with E-state index in [1.54, 1.807) is 17.7 Å². The van der Waals surface area contributed by atoms with E-state index in [4.69, 9.17) is 0 Å². The summed E-state index contributed by atoms with van der Waals surface area (Å²) in [6.45, 7) is 4.94. The van der Waals surface area contributed by atoms with Crippen molar-refractivity contribution in [1.29, 1.82) is 0 Å². The third-order valence-corrected chi connectivity index (χ3v) is 6.12. The average molecular weight is 379 g/mol. The summed E-state index contributed by atoms with van der Waals surface area (Å²) in [5, 5.41) is 9.22. The first-order chi connectivity index (χ1) is 13.3. The predicted octanol–water partition coefficient (Wildman–Crippen LogP) is 2.80. The van der Waals surface area contributed by atoms with Crippen molar-refractivity contribution >= 4 is 33.0 Å². The van der Waals surface area contributed by atoms with Gasteiger partial charge in [0.15, 0.2) is 5.65 Å². The van der Waals surface area contributed by atoms with Crippen molar-refractivity contribution < 1.29 is 0 Å². The third-order valence-electron chi connectivity index (χ3n) is 5.16. The smallest absolute Gasteiger partial charge is 0.159 e. The molecule has 4 aromatic rings. The number of fused-ring (bicyclic) bond motifs is 2. The third kappa shape index (κ3) is 3.15. The molecule has 1 saturated heterocycles. The Labute approximate surface area is 161 Å². The van der Waals surface area contributed by atoms with Gasteiger partial charge in [0.05, 0.1) is 11.6 Å². The number of hydrogen-bond donors (Lipinski definition) is 1. The van der Waals surface area contributed by atoms with Crippen LogP contribution in [-0.4, -0.2) is 43.7 Å². The van der Waals surface area contributed by atoms with E-state index < -0.39 is 0 Å². The Morgan fingerprint density at radius 2 is 2.11 bits per heavy atom. The Kier molecular flexibility index (Phi) is 4.21. The molecule has 0 aliphatic carbocycles. The van der Waals surface area contributed by atoms with E-state index in [2.05, 4.69) is 43.3 Å². The lowest BCUT2D eigenvalue weighted by Gasteiger charge is -2.33. The minimum atomic E-state index is 0.501. The van der Waals surface area contributed by atoms with Gasteiger partial charge >= 0.3 is 0 Å². The summed E-state index contributed by atoms with van der Waals surface area (Å²) >= 11 is 1.73. The molecule has 5 heterocycles. The van der Waals surface area contributed by atoms with Gasteiger partial charge in [-0.3, -0.25) is 0 Å². The molecular weight excluding hydrogens is 358 g/mol. The van der Waals surface area contributed by atoms with Crippen LogP contribution in [0.1, 0.15) is 23.3 Å². The van der Waals surface area contributed by atoms with E-state index in [-0.39, 0.29) is 0 Å². The van der Waals surface area contributed by atoms with Crippen molar-refractivity contribution in [3.05, 3.63) is 47.5 Å². The van der Waals surface area contributed by atoms with Crippen molar-refractivity contribution in [3.63, 3.8) is 0 Å². The average Bonchev–Trinajstić information content (AvgIpc) is 3.29. The summed E-state index contributed by atoms with van der Waals surface area (Å²) < 4.78 is 1.82. The summed E-state index contributed by atoms with van der Waals surface area (Å²) in [6.07, 6.45) is 9.53. The fourth-order valence-corrected chi connectivity index (χ4v) is 4.61. The largest absolute Gasteiger partial charge is 0.356 e. The summed E-state index contributed by atoms with van der Waals surface area (Å²) in [6, 6.07) is 4.60. The van der Waals surface area contributed by atoms with E-state index in [0.29, 0.717) is 6.04 Å². The van der Waals surface area contributed by atoms with Gasteiger partial charge in [0, 0.05) is 48.5 Å². The fourth-order valence-electron chi connectivity index (χ4n) is 3.77. The minimum Gasteiger partial charge on any atom is -0.356 e. The maximum absolute atomic E-state index is 4.57. The molecule has 0 spiro atoms. The SMILES string of the molecule is Cc1cc2c(N3CCC(NCc4cnn5cccnc45)CC3)ncnc2s1. The van der Waals surface area contributed by atoms with Crippen molar-refractivity contribution in [1.82, 2.24) is 29.9 Å². The number of rotatable bonds is 4. The molecule has 7 nitrogen and oxygen atoms in total. The molecule has 138 valence electrons. The highest BCUT2D eigenvalue weighted by Gasteiger charge is 2.22. The molecular formula is C19H21N7S. The number of thiophene rings is 1. The van der Waals surface area contributed by atoms with Crippen LogP contribution in [0.5, 0.6) is 0 Å². The lowest BCUT2D eigenvalue weighted by Crippen LogP contribution is -2.42. The maximum atomic E-state index is 4.57. The monoisotopic (exact) mass is 379 g/mol. The molecule has 0 aromatic carbocycles. The second-order valence-corrected chi connectivity index (χ2v) is 8.21. The summed E-state index contributed by atoms with van der Waals surface area (Å²) in [4.78, 5) is 18.2. The number of anilines is 1. The number of aryl methyl sites for hydroxylation is 1. The Hall–Kier alpha value is -2.58. The summed E-state index contributed by atoms with van der Waals surface area (Å²) in [7, 11) is 0. The zero-order chi connectivity index (χ0) is 18.2. The van der Waals surface area contributed by atoms with Gasteiger partial charge in [-0.1, -0.05) is 0 Å². The van der Waals surface area contributed by atoms with Crippen molar-refractivity contribution in [3.8, 4) is 0 Å². The van der Waals surface area contributed by atoms with Gasteiger partial charge in [-0.05, 0) is 31.9 Å². The molecule has 0 saturated carbocycles. The number of aromatic nitrogens is 5. The second-order valence-electron chi connectivity index (χ2n) is 6.97. The molecule has 0 unspecified atom stereocenters. The molecule has 0 bridgehead atoms. The van der Waals surface area contributed by atoms with Crippen LogP contribution in [0.3, 0.4) is 0 Å². The van der Waals surface area contributed by atoms with Crippen molar-refractivity contribution in [2.45, 2.75) is 32.4 Å². The van der Waals surface area contributed by atoms with Gasteiger partial charge in [-0.15, -0.1) is 11.3 Å². The molecule has 1 aliphatic heterocycles. The standard InChI is InChI=1S/C19H21N7S/c1-13-9-16-18(22-12-23-19(16)27-13)25-7-3-15(4-8-25)21-10-14-11-24-26-6-2-5-20-17(14)26/h2,5-6,9,11-12,15,21H,3-4,7-8,10H2,1H3. The molecule has 8 heteroatoms. The maximum Gasteiger partial charge on any atom is 0.159 e. The van der Waals surface area contributed by atoms with Gasteiger partial charge in [0.25, 0.3) is 0 Å². The van der Waals surface area contributed by atoms with E-state index in [1.165, 1.54) is 10.3 Å². The Morgan fingerprint density at radius 1 is 1.22 bits per heavy atom. The Balaban J connectivity index is 1.24. The molecule has 1 fully saturated rings. The van der Waals surface area contributed by atoms with E-state index >= 15 is 0 Å². The zero-order valence-corrected chi connectivity index (χ0v) is 16.0. The molecule has 1 N–H and O–H groups in total. The second kappa shape index (κ2) is 6.86. The topological polar surface area (TPSA) is 71.2 Å². The van der Waals surface area contributed by atoms with E-state index in [0.717, 1.165) is 54.3 Å². The predicted molar refractivity (Wildman–Crippen MR) is 107 cm³/mol. The summed E-state index contributed by atoms with van der Waals surface area (Å²) in [5.74, 6) is 1.08. The van der Waals surface area contributed by atoms with Gasteiger partial charge in [-0.25, -0.2) is 19.5 Å². The summed E-state index contributed by atoms with van der Waals surface area (Å²) in [5.41, 5.74) is 2.07. The first kappa shape index (κ1) is 16.6. The van der Waals surface area contributed by atoms with Crippen LogP contribution in [0.4, 0.5) is 5.82 Å². The van der Waals surface area contributed by atoms with Gasteiger partial charge in [0.2, 0.25) is 0 Å².